The van der Waals surface area contributed by atoms with Crippen molar-refractivity contribution >= 4 is 43.6 Å². The molecule has 12 rings (SSSR count). The van der Waals surface area contributed by atoms with E-state index in [1.54, 1.807) is 30.3 Å². The van der Waals surface area contributed by atoms with Gasteiger partial charge in [0.15, 0.2) is 17.5 Å². The van der Waals surface area contributed by atoms with Crippen molar-refractivity contribution in [2.45, 2.75) is 0 Å². The van der Waals surface area contributed by atoms with Gasteiger partial charge in [-0.25, -0.2) is 15.0 Å². The van der Waals surface area contributed by atoms with Crippen molar-refractivity contribution in [3.63, 3.8) is 0 Å². The monoisotopic (exact) mass is 916 g/mol. The number of fused-ring (bicyclic) bond motifs is 6. The number of rotatable bonds is 7. The van der Waals surface area contributed by atoms with Gasteiger partial charge in [-0.3, -0.25) is 0 Å². The molecule has 0 unspecified atom stereocenters. The summed E-state index contributed by atoms with van der Waals surface area (Å²) in [5, 5.41) is 53.7. The molecular formula is C62H32N10. The van der Waals surface area contributed by atoms with E-state index < -0.39 is 0 Å². The molecule has 330 valence electrons. The third kappa shape index (κ3) is 7.13. The largest absolute Gasteiger partial charge is 0.309 e. The summed E-state index contributed by atoms with van der Waals surface area (Å²) in [7, 11) is 0. The summed E-state index contributed by atoms with van der Waals surface area (Å²) in [5.74, 6) is 1.46. The van der Waals surface area contributed by atoms with Gasteiger partial charge >= 0.3 is 0 Å². The molecule has 0 aliphatic rings. The molecule has 0 aliphatic carbocycles. The van der Waals surface area contributed by atoms with E-state index in [-0.39, 0.29) is 0 Å². The van der Waals surface area contributed by atoms with E-state index in [1.165, 1.54) is 0 Å². The highest BCUT2D eigenvalue weighted by molar-refractivity contribution is 6.12. The van der Waals surface area contributed by atoms with Crippen molar-refractivity contribution < 1.29 is 0 Å². The van der Waals surface area contributed by atoms with E-state index in [0.29, 0.717) is 50.9 Å². The summed E-state index contributed by atoms with van der Waals surface area (Å²) in [5.41, 5.74) is 12.9. The Bertz CT molecular complexity index is 4250. The minimum absolute atomic E-state index is 0.444. The standard InChI is InChI=1S/C62H32N10/c63-33-38-8-7-13-45(26-38)46-18-24-58(71-54-20-14-39(34-64)27-48(54)49-28-40(35-65)15-21-55(49)71)52(31-46)53-32-47(62-69-60(43-9-3-1-4-10-43)68-61(70-62)44-11-5-2-6-12-44)19-25-59(53)72-56-22-16-41(36-66)29-50(56)51-30-42(37-67)17-23-57(51)72/h1-32H. The van der Waals surface area contributed by atoms with Crippen molar-refractivity contribution in [2.75, 3.05) is 0 Å². The first-order chi connectivity index (χ1) is 35.4. The molecule has 0 aliphatic heterocycles. The van der Waals surface area contributed by atoms with Crippen LogP contribution in [-0.2, 0) is 0 Å². The number of hydrogen-bond donors (Lipinski definition) is 0. The Balaban J connectivity index is 1.23. The van der Waals surface area contributed by atoms with E-state index >= 15 is 0 Å². The summed E-state index contributed by atoms with van der Waals surface area (Å²) in [6, 6.07) is 73.5. The van der Waals surface area contributed by atoms with Crippen molar-refractivity contribution in [1.82, 2.24) is 24.1 Å². The second-order valence-electron chi connectivity index (χ2n) is 17.2. The van der Waals surface area contributed by atoms with Crippen LogP contribution in [0.15, 0.2) is 194 Å². The van der Waals surface area contributed by atoms with Crippen LogP contribution >= 0.6 is 0 Å². The summed E-state index contributed by atoms with van der Waals surface area (Å²) in [4.78, 5) is 15.3. The van der Waals surface area contributed by atoms with Gasteiger partial charge in [-0.1, -0.05) is 78.9 Å². The van der Waals surface area contributed by atoms with Crippen molar-refractivity contribution in [1.29, 1.82) is 26.3 Å². The van der Waals surface area contributed by atoms with Gasteiger partial charge in [0, 0.05) is 49.4 Å². The number of benzene rings is 9. The van der Waals surface area contributed by atoms with Crippen molar-refractivity contribution in [3.8, 4) is 98.1 Å². The Morgan fingerprint density at radius 3 is 1.01 bits per heavy atom. The van der Waals surface area contributed by atoms with E-state index in [0.717, 1.165) is 88.4 Å². The first kappa shape index (κ1) is 42.4. The van der Waals surface area contributed by atoms with Crippen LogP contribution in [0.4, 0.5) is 0 Å². The summed E-state index contributed by atoms with van der Waals surface area (Å²) >= 11 is 0. The normalized spacial score (nSPS) is 11.0. The molecule has 3 heterocycles. The van der Waals surface area contributed by atoms with Gasteiger partial charge in [0.05, 0.1) is 91.6 Å². The molecule has 0 bridgehead atoms. The maximum atomic E-state index is 10.1. The third-order valence-electron chi connectivity index (χ3n) is 13.1. The van der Waals surface area contributed by atoms with Crippen LogP contribution in [0.1, 0.15) is 27.8 Å². The topological polar surface area (TPSA) is 167 Å². The molecule has 3 aromatic heterocycles. The van der Waals surface area contributed by atoms with Crippen LogP contribution in [0, 0.1) is 56.7 Å². The molecule has 72 heavy (non-hydrogen) atoms. The average Bonchev–Trinajstić information content (AvgIpc) is 3.95. The highest BCUT2D eigenvalue weighted by atomic mass is 15.0. The highest BCUT2D eigenvalue weighted by Crippen LogP contribution is 2.44. The van der Waals surface area contributed by atoms with Crippen LogP contribution in [-0.4, -0.2) is 24.1 Å². The molecule has 9 aromatic carbocycles. The van der Waals surface area contributed by atoms with E-state index in [9.17, 15) is 26.3 Å². The SMILES string of the molecule is N#Cc1cccc(-c2ccc(-n3c4ccc(C#N)cc4c4cc(C#N)ccc43)c(-c3cc(-c4nc(-c5ccccc5)nc(-c5ccccc5)n4)ccc3-n3c4ccc(C#N)cc4c4cc(C#N)ccc43)c2)c1. The predicted molar refractivity (Wildman–Crippen MR) is 279 cm³/mol. The minimum atomic E-state index is 0.444. The maximum Gasteiger partial charge on any atom is 0.164 e. The summed E-state index contributed by atoms with van der Waals surface area (Å²) in [6.07, 6.45) is 0. The lowest BCUT2D eigenvalue weighted by molar-refractivity contribution is 1.07. The molecule has 0 fully saturated rings. The van der Waals surface area contributed by atoms with E-state index in [1.807, 2.05) is 140 Å². The molecule has 0 spiro atoms. The lowest BCUT2D eigenvalue weighted by Crippen LogP contribution is -2.04. The van der Waals surface area contributed by atoms with Crippen LogP contribution in [0.3, 0.4) is 0 Å². The van der Waals surface area contributed by atoms with Gasteiger partial charge in [-0.15, -0.1) is 0 Å². The van der Waals surface area contributed by atoms with E-state index in [4.69, 9.17) is 15.0 Å². The summed E-state index contributed by atoms with van der Waals surface area (Å²) in [6.45, 7) is 0. The molecule has 12 aromatic rings. The van der Waals surface area contributed by atoms with Crippen LogP contribution in [0.2, 0.25) is 0 Å². The van der Waals surface area contributed by atoms with Gasteiger partial charge in [0.1, 0.15) is 0 Å². The smallest absolute Gasteiger partial charge is 0.164 e. The highest BCUT2D eigenvalue weighted by Gasteiger charge is 2.24. The Labute approximate surface area is 412 Å². The molecule has 10 heteroatoms. The number of nitriles is 5. The number of aromatic nitrogens is 5. The second kappa shape index (κ2) is 17.3. The molecule has 0 saturated heterocycles. The molecule has 0 amide bonds. The van der Waals surface area contributed by atoms with Gasteiger partial charge < -0.3 is 9.13 Å². The molecule has 10 nitrogen and oxygen atoms in total. The molecule has 0 atom stereocenters. The second-order valence-corrected chi connectivity index (χ2v) is 17.2. The minimum Gasteiger partial charge on any atom is -0.309 e. The van der Waals surface area contributed by atoms with Crippen LogP contribution < -0.4 is 0 Å². The van der Waals surface area contributed by atoms with Crippen molar-refractivity contribution in [2.24, 2.45) is 0 Å². The third-order valence-corrected chi connectivity index (χ3v) is 13.1. The zero-order valence-electron chi connectivity index (χ0n) is 37.9. The first-order valence-corrected chi connectivity index (χ1v) is 22.9. The molecule has 0 radical (unpaired) electrons. The van der Waals surface area contributed by atoms with Gasteiger partial charge in [0.25, 0.3) is 0 Å². The number of hydrogen-bond acceptors (Lipinski definition) is 8. The van der Waals surface area contributed by atoms with Crippen molar-refractivity contribution in [3.05, 3.63) is 222 Å². The molecule has 0 N–H and O–H groups in total. The lowest BCUT2D eigenvalue weighted by atomic mass is 9.93. The fourth-order valence-corrected chi connectivity index (χ4v) is 9.76. The van der Waals surface area contributed by atoms with Crippen LogP contribution in [0.25, 0.3) is 111 Å². The molecule has 0 saturated carbocycles. The number of nitrogens with zero attached hydrogens (tertiary/aromatic N) is 10. The maximum absolute atomic E-state index is 10.1. The first-order valence-electron chi connectivity index (χ1n) is 22.9. The van der Waals surface area contributed by atoms with E-state index in [2.05, 4.69) is 63.7 Å². The fraction of sp³-hybridized carbons (Fsp3) is 0. The predicted octanol–water partition coefficient (Wildman–Crippen LogP) is 13.8. The lowest BCUT2D eigenvalue weighted by Gasteiger charge is -2.21. The quantitative estimate of drug-likeness (QED) is 0.152. The Hall–Kier alpha value is -11.0. The summed E-state index contributed by atoms with van der Waals surface area (Å²) < 4.78 is 4.34. The zero-order chi connectivity index (χ0) is 48.9. The average molecular weight is 917 g/mol. The fourth-order valence-electron chi connectivity index (χ4n) is 9.76. The Morgan fingerprint density at radius 1 is 0.278 bits per heavy atom. The Kier molecular flexibility index (Phi) is 10.2. The molecular weight excluding hydrogens is 885 g/mol. The van der Waals surface area contributed by atoms with Gasteiger partial charge in [-0.05, 0) is 126 Å². The van der Waals surface area contributed by atoms with Gasteiger partial charge in [0.2, 0.25) is 0 Å². The van der Waals surface area contributed by atoms with Gasteiger partial charge in [-0.2, -0.15) is 26.3 Å². The zero-order valence-corrected chi connectivity index (χ0v) is 37.9. The Morgan fingerprint density at radius 2 is 0.611 bits per heavy atom. The van der Waals surface area contributed by atoms with Crippen LogP contribution in [0.5, 0.6) is 0 Å².